The number of methoxy groups -OCH3 is 2. The lowest BCUT2D eigenvalue weighted by Gasteiger charge is -2.23. The lowest BCUT2D eigenvalue weighted by molar-refractivity contribution is -0.122. The van der Waals surface area contributed by atoms with Crippen molar-refractivity contribution in [2.24, 2.45) is 5.10 Å². The number of amides is 1. The van der Waals surface area contributed by atoms with Gasteiger partial charge in [-0.3, -0.25) is 9.69 Å². The second kappa shape index (κ2) is 10.0. The smallest absolute Gasteiger partial charge is 0.254 e. The summed E-state index contributed by atoms with van der Waals surface area (Å²) in [6.45, 7) is 4.30. The Bertz CT molecular complexity index is 594. The highest BCUT2D eigenvalue weighted by molar-refractivity contribution is 5.86. The molecule has 1 saturated heterocycles. The highest BCUT2D eigenvalue weighted by Gasteiger charge is 2.12. The molecule has 0 atom stereocenters. The van der Waals surface area contributed by atoms with Gasteiger partial charge in [-0.15, -0.1) is 0 Å². The van der Waals surface area contributed by atoms with Crippen molar-refractivity contribution in [1.82, 2.24) is 10.3 Å². The van der Waals surface area contributed by atoms with E-state index in [0.29, 0.717) is 12.3 Å². The molecule has 6 nitrogen and oxygen atoms in total. The topological polar surface area (TPSA) is 63.2 Å². The summed E-state index contributed by atoms with van der Waals surface area (Å²) < 4.78 is 10.7. The second-order valence-corrected chi connectivity index (χ2v) is 6.35. The van der Waals surface area contributed by atoms with Crippen LogP contribution in [-0.4, -0.2) is 50.9 Å². The molecule has 138 valence electrons. The number of hydrogen-bond acceptors (Lipinski definition) is 5. The summed E-state index contributed by atoms with van der Waals surface area (Å²) in [6, 6.07) is 3.72. The molecule has 1 aromatic carbocycles. The molecule has 1 heterocycles. The molecule has 0 spiro atoms. The highest BCUT2D eigenvalue weighted by atomic mass is 16.5. The van der Waals surface area contributed by atoms with Crippen LogP contribution in [0.4, 0.5) is 0 Å². The van der Waals surface area contributed by atoms with E-state index in [2.05, 4.69) is 15.4 Å². The SMILES string of the molecule is COc1ccc(/C=N\NC(=O)CN2CCCCCCC2)c(OC)c1C. The summed E-state index contributed by atoms with van der Waals surface area (Å²) >= 11 is 0. The van der Waals surface area contributed by atoms with E-state index in [0.717, 1.165) is 30.0 Å². The number of nitrogens with one attached hydrogen (secondary N) is 1. The monoisotopic (exact) mass is 347 g/mol. The molecule has 6 heteroatoms. The molecule has 0 bridgehead atoms. The summed E-state index contributed by atoms with van der Waals surface area (Å²) in [5.41, 5.74) is 4.32. The molecular formula is C19H29N3O3. The van der Waals surface area contributed by atoms with Crippen LogP contribution in [0.25, 0.3) is 0 Å². The molecule has 1 aliphatic heterocycles. The van der Waals surface area contributed by atoms with E-state index in [1.165, 1.54) is 32.1 Å². The first kappa shape index (κ1) is 19.2. The van der Waals surface area contributed by atoms with Crippen LogP contribution >= 0.6 is 0 Å². The lowest BCUT2D eigenvalue weighted by atomic mass is 10.1. The number of likely N-dealkylation sites (tertiary alicyclic amines) is 1. The Morgan fingerprint density at radius 2 is 1.84 bits per heavy atom. The standard InChI is InChI=1S/C19H29N3O3/c1-15-17(24-2)10-9-16(19(15)25-3)13-20-21-18(23)14-22-11-7-5-4-6-8-12-22/h9-10,13H,4-8,11-12,14H2,1-3H3,(H,21,23)/b20-13-. The number of ether oxygens (including phenoxy) is 2. The van der Waals surface area contributed by atoms with Gasteiger partial charge in [0.2, 0.25) is 0 Å². The van der Waals surface area contributed by atoms with E-state index in [4.69, 9.17) is 9.47 Å². The van der Waals surface area contributed by atoms with Gasteiger partial charge in [0.25, 0.3) is 5.91 Å². The average molecular weight is 347 g/mol. The van der Waals surface area contributed by atoms with Crippen molar-refractivity contribution in [3.63, 3.8) is 0 Å². The Morgan fingerprint density at radius 1 is 1.16 bits per heavy atom. The third kappa shape index (κ3) is 5.74. The zero-order chi connectivity index (χ0) is 18.1. The van der Waals surface area contributed by atoms with Crippen LogP contribution in [0, 0.1) is 6.92 Å². The summed E-state index contributed by atoms with van der Waals surface area (Å²) in [7, 11) is 3.24. The normalized spacial score (nSPS) is 16.3. The molecule has 0 saturated carbocycles. The largest absolute Gasteiger partial charge is 0.496 e. The van der Waals surface area contributed by atoms with E-state index in [1.54, 1.807) is 20.4 Å². The minimum atomic E-state index is -0.0824. The van der Waals surface area contributed by atoms with Gasteiger partial charge in [0, 0.05) is 11.1 Å². The zero-order valence-corrected chi connectivity index (χ0v) is 15.5. The maximum absolute atomic E-state index is 12.1. The Hall–Kier alpha value is -2.08. The number of benzene rings is 1. The van der Waals surface area contributed by atoms with Crippen LogP contribution in [0.1, 0.15) is 43.2 Å². The van der Waals surface area contributed by atoms with Crippen molar-refractivity contribution in [1.29, 1.82) is 0 Å². The Kier molecular flexibility index (Phi) is 7.73. The minimum Gasteiger partial charge on any atom is -0.496 e. The quantitative estimate of drug-likeness (QED) is 0.635. The van der Waals surface area contributed by atoms with Crippen molar-refractivity contribution < 1.29 is 14.3 Å². The molecule has 1 fully saturated rings. The highest BCUT2D eigenvalue weighted by Crippen LogP contribution is 2.30. The molecule has 1 aliphatic rings. The first-order valence-electron chi connectivity index (χ1n) is 8.91. The van der Waals surface area contributed by atoms with E-state index >= 15 is 0 Å². The third-order valence-electron chi connectivity index (χ3n) is 4.52. The van der Waals surface area contributed by atoms with Crippen LogP contribution in [0.5, 0.6) is 11.5 Å². The molecule has 0 unspecified atom stereocenters. The van der Waals surface area contributed by atoms with Gasteiger partial charge in [0.15, 0.2) is 0 Å². The number of carbonyl (C=O) groups excluding carboxylic acids is 1. The number of carbonyl (C=O) groups is 1. The molecule has 1 aromatic rings. The minimum absolute atomic E-state index is 0.0824. The summed E-state index contributed by atoms with van der Waals surface area (Å²) in [4.78, 5) is 14.3. The first-order valence-corrected chi connectivity index (χ1v) is 8.91. The summed E-state index contributed by atoms with van der Waals surface area (Å²) in [5.74, 6) is 1.37. The zero-order valence-electron chi connectivity index (χ0n) is 15.5. The molecule has 0 aromatic heterocycles. The van der Waals surface area contributed by atoms with Gasteiger partial charge in [-0.25, -0.2) is 5.43 Å². The number of hydrazone groups is 1. The van der Waals surface area contributed by atoms with Crippen LogP contribution < -0.4 is 14.9 Å². The van der Waals surface area contributed by atoms with Crippen molar-refractivity contribution in [3.05, 3.63) is 23.3 Å². The molecule has 25 heavy (non-hydrogen) atoms. The van der Waals surface area contributed by atoms with E-state index in [9.17, 15) is 4.79 Å². The molecule has 1 N–H and O–H groups in total. The predicted octanol–water partition coefficient (Wildman–Crippen LogP) is 2.73. The van der Waals surface area contributed by atoms with Gasteiger partial charge in [0.1, 0.15) is 11.5 Å². The van der Waals surface area contributed by atoms with Crippen LogP contribution in [0.15, 0.2) is 17.2 Å². The van der Waals surface area contributed by atoms with Crippen LogP contribution in [0.2, 0.25) is 0 Å². The lowest BCUT2D eigenvalue weighted by Crippen LogP contribution is -2.37. The fraction of sp³-hybridized carbons (Fsp3) is 0.579. The fourth-order valence-electron chi connectivity index (χ4n) is 3.17. The van der Waals surface area contributed by atoms with Gasteiger partial charge < -0.3 is 9.47 Å². The number of hydrogen-bond donors (Lipinski definition) is 1. The maximum Gasteiger partial charge on any atom is 0.254 e. The Morgan fingerprint density at radius 3 is 2.48 bits per heavy atom. The molecule has 1 amide bonds. The number of rotatable bonds is 6. The molecular weight excluding hydrogens is 318 g/mol. The predicted molar refractivity (Wildman–Crippen MR) is 99.5 cm³/mol. The summed E-state index contributed by atoms with van der Waals surface area (Å²) in [6.07, 6.45) is 7.77. The van der Waals surface area contributed by atoms with Crippen molar-refractivity contribution >= 4 is 12.1 Å². The fourth-order valence-corrected chi connectivity index (χ4v) is 3.17. The molecule has 0 radical (unpaired) electrons. The van der Waals surface area contributed by atoms with Crippen LogP contribution in [0.3, 0.4) is 0 Å². The molecule has 0 aliphatic carbocycles. The van der Waals surface area contributed by atoms with E-state index in [1.807, 2.05) is 19.1 Å². The Labute approximate surface area is 150 Å². The van der Waals surface area contributed by atoms with E-state index in [-0.39, 0.29) is 5.91 Å². The third-order valence-corrected chi connectivity index (χ3v) is 4.52. The molecule has 2 rings (SSSR count). The van der Waals surface area contributed by atoms with Gasteiger partial charge >= 0.3 is 0 Å². The van der Waals surface area contributed by atoms with Gasteiger partial charge in [-0.2, -0.15) is 5.10 Å². The van der Waals surface area contributed by atoms with Gasteiger partial charge in [0.05, 0.1) is 27.0 Å². The van der Waals surface area contributed by atoms with Crippen LogP contribution in [-0.2, 0) is 4.79 Å². The Balaban J connectivity index is 1.91. The van der Waals surface area contributed by atoms with Gasteiger partial charge in [-0.05, 0) is 45.0 Å². The summed E-state index contributed by atoms with van der Waals surface area (Å²) in [5, 5.41) is 4.08. The second-order valence-electron chi connectivity index (χ2n) is 6.35. The van der Waals surface area contributed by atoms with E-state index < -0.39 is 0 Å². The first-order chi connectivity index (χ1) is 12.2. The number of nitrogens with zero attached hydrogens (tertiary/aromatic N) is 2. The van der Waals surface area contributed by atoms with Crippen molar-refractivity contribution in [2.45, 2.75) is 39.0 Å². The van der Waals surface area contributed by atoms with Crippen molar-refractivity contribution in [3.8, 4) is 11.5 Å². The maximum atomic E-state index is 12.1. The van der Waals surface area contributed by atoms with Gasteiger partial charge in [-0.1, -0.05) is 19.3 Å². The average Bonchev–Trinajstić information content (AvgIpc) is 2.57. The van der Waals surface area contributed by atoms with Crippen molar-refractivity contribution in [2.75, 3.05) is 33.9 Å².